The molecule has 12 heavy (non-hydrogen) atoms. The van der Waals surface area contributed by atoms with Gasteiger partial charge in [-0.05, 0) is 18.8 Å². The lowest BCUT2D eigenvalue weighted by Gasteiger charge is -2.36. The van der Waals surface area contributed by atoms with Crippen LogP contribution < -0.4 is 0 Å². The molecule has 1 rings (SSSR count). The van der Waals surface area contributed by atoms with E-state index in [9.17, 15) is 10.2 Å². The van der Waals surface area contributed by atoms with Crippen LogP contribution >= 0.6 is 0 Å². The third-order valence-corrected chi connectivity index (χ3v) is 2.62. The molecule has 0 radical (unpaired) electrons. The normalized spacial score (nSPS) is 41.7. The van der Waals surface area contributed by atoms with Gasteiger partial charge >= 0.3 is 0 Å². The molecule has 0 amide bonds. The molecule has 0 saturated carbocycles. The summed E-state index contributed by atoms with van der Waals surface area (Å²) < 4.78 is 0. The zero-order chi connectivity index (χ0) is 9.19. The molecular weight excluding hydrogens is 152 g/mol. The highest BCUT2D eigenvalue weighted by atomic mass is 16.3. The summed E-state index contributed by atoms with van der Waals surface area (Å²) in [6.07, 6.45) is 5.53. The van der Waals surface area contributed by atoms with E-state index < -0.39 is 11.7 Å². The van der Waals surface area contributed by atoms with Crippen LogP contribution in [-0.2, 0) is 0 Å². The van der Waals surface area contributed by atoms with E-state index in [-0.39, 0.29) is 5.92 Å². The van der Waals surface area contributed by atoms with Gasteiger partial charge in [-0.1, -0.05) is 32.4 Å². The Hall–Kier alpha value is -0.340. The first-order valence-electron chi connectivity index (χ1n) is 4.68. The molecule has 1 aliphatic rings. The van der Waals surface area contributed by atoms with E-state index >= 15 is 0 Å². The van der Waals surface area contributed by atoms with E-state index in [2.05, 4.69) is 0 Å². The molecule has 70 valence electrons. The Morgan fingerprint density at radius 2 is 2.25 bits per heavy atom. The van der Waals surface area contributed by atoms with Crippen LogP contribution in [0.15, 0.2) is 12.2 Å². The minimum atomic E-state index is -0.966. The van der Waals surface area contributed by atoms with Crippen LogP contribution in [0.3, 0.4) is 0 Å². The predicted molar refractivity (Wildman–Crippen MR) is 48.8 cm³/mol. The second-order valence-corrected chi connectivity index (χ2v) is 3.80. The summed E-state index contributed by atoms with van der Waals surface area (Å²) in [5.74, 6) is 0.173. The molecule has 3 unspecified atom stereocenters. The van der Waals surface area contributed by atoms with Gasteiger partial charge in [0.05, 0.1) is 6.10 Å². The van der Waals surface area contributed by atoms with Crippen molar-refractivity contribution in [1.82, 2.24) is 0 Å². The van der Waals surface area contributed by atoms with E-state index in [1.54, 1.807) is 6.08 Å². The van der Waals surface area contributed by atoms with Crippen molar-refractivity contribution in [1.29, 1.82) is 0 Å². The highest BCUT2D eigenvalue weighted by Crippen LogP contribution is 2.30. The van der Waals surface area contributed by atoms with Gasteiger partial charge in [-0.3, -0.25) is 0 Å². The number of hydrogen-bond acceptors (Lipinski definition) is 2. The van der Waals surface area contributed by atoms with E-state index in [0.29, 0.717) is 6.42 Å². The summed E-state index contributed by atoms with van der Waals surface area (Å²) in [7, 11) is 0. The molecule has 0 aromatic rings. The lowest BCUT2D eigenvalue weighted by Crippen LogP contribution is -2.46. The van der Waals surface area contributed by atoms with Crippen LogP contribution in [-0.4, -0.2) is 21.9 Å². The minimum absolute atomic E-state index is 0.173. The Balaban J connectivity index is 2.73. The number of hydrogen-bond donors (Lipinski definition) is 2. The van der Waals surface area contributed by atoms with E-state index in [0.717, 1.165) is 12.8 Å². The van der Waals surface area contributed by atoms with Crippen LogP contribution in [0.1, 0.15) is 33.1 Å². The van der Waals surface area contributed by atoms with Gasteiger partial charge in [0, 0.05) is 0 Å². The second kappa shape index (κ2) is 3.58. The molecule has 2 nitrogen and oxygen atoms in total. The van der Waals surface area contributed by atoms with Crippen LogP contribution in [0.2, 0.25) is 0 Å². The molecule has 0 fully saturated rings. The van der Waals surface area contributed by atoms with Gasteiger partial charge < -0.3 is 10.2 Å². The third kappa shape index (κ3) is 1.70. The Labute approximate surface area is 73.9 Å². The fraction of sp³-hybridized carbons (Fsp3) is 0.800. The third-order valence-electron chi connectivity index (χ3n) is 2.62. The van der Waals surface area contributed by atoms with E-state index in [1.165, 1.54) is 0 Å². The Morgan fingerprint density at radius 1 is 1.58 bits per heavy atom. The van der Waals surface area contributed by atoms with Gasteiger partial charge in [0.25, 0.3) is 0 Å². The molecule has 2 N–H and O–H groups in total. The van der Waals surface area contributed by atoms with Gasteiger partial charge in [0.15, 0.2) is 0 Å². The van der Waals surface area contributed by atoms with Crippen LogP contribution in [0, 0.1) is 5.92 Å². The fourth-order valence-corrected chi connectivity index (χ4v) is 1.84. The van der Waals surface area contributed by atoms with Gasteiger partial charge in [0.1, 0.15) is 5.60 Å². The second-order valence-electron chi connectivity index (χ2n) is 3.80. The molecule has 0 spiro atoms. The first-order valence-corrected chi connectivity index (χ1v) is 4.68. The SMILES string of the molecule is CCCC1(O)C=CCC(C)C1O. The number of aliphatic hydroxyl groups is 2. The number of aliphatic hydroxyl groups excluding tert-OH is 1. The quantitative estimate of drug-likeness (QED) is 0.616. The van der Waals surface area contributed by atoms with Gasteiger partial charge in [-0.2, -0.15) is 0 Å². The zero-order valence-electron chi connectivity index (χ0n) is 7.83. The molecule has 0 aromatic heterocycles. The smallest absolute Gasteiger partial charge is 0.109 e. The standard InChI is InChI=1S/C10H18O2/c1-3-6-10(12)7-4-5-8(2)9(10)11/h4,7-9,11-12H,3,5-6H2,1-2H3. The first-order chi connectivity index (χ1) is 5.60. The summed E-state index contributed by atoms with van der Waals surface area (Å²) in [6.45, 7) is 3.98. The van der Waals surface area contributed by atoms with Crippen molar-refractivity contribution in [3.05, 3.63) is 12.2 Å². The van der Waals surface area contributed by atoms with Gasteiger partial charge in [0.2, 0.25) is 0 Å². The summed E-state index contributed by atoms with van der Waals surface area (Å²) in [5, 5.41) is 19.7. The first kappa shape index (κ1) is 9.75. The Morgan fingerprint density at radius 3 is 2.83 bits per heavy atom. The van der Waals surface area contributed by atoms with Crippen molar-refractivity contribution in [2.75, 3.05) is 0 Å². The average Bonchev–Trinajstić information content (AvgIpc) is 2.01. The van der Waals surface area contributed by atoms with Crippen molar-refractivity contribution >= 4 is 0 Å². The lowest BCUT2D eigenvalue weighted by molar-refractivity contribution is -0.0754. The fourth-order valence-electron chi connectivity index (χ4n) is 1.84. The molecule has 0 saturated heterocycles. The highest BCUT2D eigenvalue weighted by Gasteiger charge is 2.37. The van der Waals surface area contributed by atoms with Crippen molar-refractivity contribution < 1.29 is 10.2 Å². The maximum Gasteiger partial charge on any atom is 0.109 e. The topological polar surface area (TPSA) is 40.5 Å². The van der Waals surface area contributed by atoms with Crippen LogP contribution in [0.4, 0.5) is 0 Å². The van der Waals surface area contributed by atoms with Crippen LogP contribution in [0.5, 0.6) is 0 Å². The molecule has 3 atom stereocenters. The number of rotatable bonds is 2. The molecule has 0 aromatic carbocycles. The monoisotopic (exact) mass is 170 g/mol. The molecule has 1 aliphatic carbocycles. The van der Waals surface area contributed by atoms with Gasteiger partial charge in [-0.25, -0.2) is 0 Å². The molecule has 0 bridgehead atoms. The zero-order valence-corrected chi connectivity index (χ0v) is 7.83. The summed E-state index contributed by atoms with van der Waals surface area (Å²) in [6, 6.07) is 0. The Bertz CT molecular complexity index is 177. The minimum Gasteiger partial charge on any atom is -0.389 e. The maximum absolute atomic E-state index is 9.97. The lowest BCUT2D eigenvalue weighted by atomic mass is 9.79. The molecule has 0 heterocycles. The highest BCUT2D eigenvalue weighted by molar-refractivity contribution is 5.11. The Kier molecular flexibility index (Phi) is 2.91. The van der Waals surface area contributed by atoms with Crippen molar-refractivity contribution in [3.8, 4) is 0 Å². The molecule has 2 heteroatoms. The summed E-state index contributed by atoms with van der Waals surface area (Å²) in [4.78, 5) is 0. The average molecular weight is 170 g/mol. The maximum atomic E-state index is 9.97. The van der Waals surface area contributed by atoms with Crippen LogP contribution in [0.25, 0.3) is 0 Å². The summed E-state index contributed by atoms with van der Waals surface area (Å²) in [5.41, 5.74) is -0.966. The van der Waals surface area contributed by atoms with Gasteiger partial charge in [-0.15, -0.1) is 0 Å². The van der Waals surface area contributed by atoms with Crippen molar-refractivity contribution in [3.63, 3.8) is 0 Å². The molecule has 0 aliphatic heterocycles. The summed E-state index contributed by atoms with van der Waals surface area (Å²) >= 11 is 0. The predicted octanol–water partition coefficient (Wildman–Crippen LogP) is 1.47. The number of allylic oxidation sites excluding steroid dienone is 1. The van der Waals surface area contributed by atoms with E-state index in [4.69, 9.17) is 0 Å². The molecular formula is C10H18O2. The van der Waals surface area contributed by atoms with E-state index in [1.807, 2.05) is 19.9 Å². The van der Waals surface area contributed by atoms with Crippen molar-refractivity contribution in [2.45, 2.75) is 44.8 Å². The largest absolute Gasteiger partial charge is 0.389 e. The van der Waals surface area contributed by atoms with Crippen molar-refractivity contribution in [2.24, 2.45) is 5.92 Å².